The topological polar surface area (TPSA) is 111 Å². The first kappa shape index (κ1) is 34.1. The summed E-state index contributed by atoms with van der Waals surface area (Å²) in [6.07, 6.45) is 8.96. The summed E-state index contributed by atoms with van der Waals surface area (Å²) in [7, 11) is 0. The Morgan fingerprint density at radius 1 is 0.545 bits per heavy atom. The molecule has 0 aromatic heterocycles. The zero-order valence-corrected chi connectivity index (χ0v) is 25.9. The van der Waals surface area contributed by atoms with Gasteiger partial charge in [-0.25, -0.2) is 0 Å². The van der Waals surface area contributed by atoms with Gasteiger partial charge in [-0.3, -0.25) is 9.59 Å². The van der Waals surface area contributed by atoms with Gasteiger partial charge in [0.05, 0.1) is 42.6 Å². The highest BCUT2D eigenvalue weighted by Crippen LogP contribution is 2.25. The van der Waals surface area contributed by atoms with Crippen molar-refractivity contribution in [3.63, 3.8) is 0 Å². The van der Waals surface area contributed by atoms with Gasteiger partial charge in [-0.1, -0.05) is 63.1 Å². The maximum Gasteiger partial charge on any atom is 0.320 e. The predicted octanol–water partition coefficient (Wildman–Crippen LogP) is 10.1. The molecule has 0 aliphatic carbocycles. The molecule has 9 heteroatoms. The minimum absolute atomic E-state index is 0.265. The van der Waals surface area contributed by atoms with E-state index in [0.29, 0.717) is 13.0 Å². The molecule has 0 heterocycles. The number of esters is 2. The standard InChI is InChI=1S/C35H44N4O5/c1-3-42-34(40)33(35(41)43-4-2)18-14-9-7-5-6-8-10-15-27-44-32-25-23-31(24-26-32)39-38-30-21-19-29(20-22-30)37-36-28-16-12-11-13-17-28/h11-13,16-17,19-26,33H,3-10,14-15,18,27H2,1-2H3. The van der Waals surface area contributed by atoms with Crippen molar-refractivity contribution in [2.75, 3.05) is 19.8 Å². The minimum Gasteiger partial charge on any atom is -0.494 e. The van der Waals surface area contributed by atoms with Crippen molar-refractivity contribution in [3.05, 3.63) is 78.9 Å². The maximum atomic E-state index is 12.0. The molecule has 0 amide bonds. The number of carbonyl (C=O) groups excluding carboxylic acids is 2. The third-order valence-electron chi connectivity index (χ3n) is 6.80. The second-order valence-electron chi connectivity index (χ2n) is 10.3. The van der Waals surface area contributed by atoms with Crippen molar-refractivity contribution in [1.82, 2.24) is 0 Å². The molecule has 44 heavy (non-hydrogen) atoms. The highest BCUT2D eigenvalue weighted by Gasteiger charge is 2.28. The summed E-state index contributed by atoms with van der Waals surface area (Å²) >= 11 is 0. The first-order valence-electron chi connectivity index (χ1n) is 15.6. The summed E-state index contributed by atoms with van der Waals surface area (Å²) < 4.78 is 15.9. The number of carbonyl (C=O) groups is 2. The van der Waals surface area contributed by atoms with Crippen LogP contribution in [0.3, 0.4) is 0 Å². The van der Waals surface area contributed by atoms with Crippen LogP contribution in [0.5, 0.6) is 5.75 Å². The van der Waals surface area contributed by atoms with Crippen LogP contribution >= 0.6 is 0 Å². The number of ether oxygens (including phenoxy) is 3. The molecule has 0 radical (unpaired) electrons. The molecule has 0 atom stereocenters. The van der Waals surface area contributed by atoms with E-state index in [2.05, 4.69) is 20.5 Å². The third kappa shape index (κ3) is 13.3. The Morgan fingerprint density at radius 2 is 0.955 bits per heavy atom. The average molecular weight is 601 g/mol. The normalized spacial score (nSPS) is 11.3. The van der Waals surface area contributed by atoms with Crippen LogP contribution in [0.15, 0.2) is 99.3 Å². The smallest absolute Gasteiger partial charge is 0.320 e. The van der Waals surface area contributed by atoms with Gasteiger partial charge in [0.25, 0.3) is 0 Å². The second kappa shape index (κ2) is 20.5. The summed E-state index contributed by atoms with van der Waals surface area (Å²) in [6.45, 7) is 4.69. The second-order valence-corrected chi connectivity index (χ2v) is 10.3. The molecule has 3 rings (SSSR count). The number of unbranched alkanes of at least 4 members (excludes halogenated alkanes) is 7. The average Bonchev–Trinajstić information content (AvgIpc) is 3.05. The fraction of sp³-hybridized carbons (Fsp3) is 0.429. The molecule has 0 saturated carbocycles. The molecule has 0 aliphatic heterocycles. The molecule has 0 spiro atoms. The molecule has 9 nitrogen and oxygen atoms in total. The van der Waals surface area contributed by atoms with Crippen LogP contribution in [0.25, 0.3) is 0 Å². The Hall–Kier alpha value is -4.40. The lowest BCUT2D eigenvalue weighted by Crippen LogP contribution is -2.28. The fourth-order valence-electron chi connectivity index (χ4n) is 4.44. The zero-order chi connectivity index (χ0) is 31.2. The Morgan fingerprint density at radius 3 is 1.43 bits per heavy atom. The SMILES string of the molecule is CCOC(=O)C(CCCCCCCCCCOc1ccc(N=Nc2ccc(N=Nc3ccccc3)cc2)cc1)C(=O)OCC. The molecule has 3 aromatic carbocycles. The number of hydrogen-bond acceptors (Lipinski definition) is 9. The highest BCUT2D eigenvalue weighted by molar-refractivity contribution is 5.94. The number of rotatable bonds is 20. The van der Waals surface area contributed by atoms with E-state index in [1.807, 2.05) is 78.9 Å². The van der Waals surface area contributed by atoms with E-state index in [1.54, 1.807) is 13.8 Å². The van der Waals surface area contributed by atoms with Crippen molar-refractivity contribution in [2.45, 2.75) is 71.6 Å². The lowest BCUT2D eigenvalue weighted by atomic mass is 10.00. The Bertz CT molecular complexity index is 1280. The quantitative estimate of drug-likeness (QED) is 0.0554. The van der Waals surface area contributed by atoms with Gasteiger partial charge in [0.1, 0.15) is 5.75 Å². The van der Waals surface area contributed by atoms with Crippen molar-refractivity contribution < 1.29 is 23.8 Å². The van der Waals surface area contributed by atoms with Crippen molar-refractivity contribution in [1.29, 1.82) is 0 Å². The van der Waals surface area contributed by atoms with Gasteiger partial charge in [-0.15, -0.1) is 0 Å². The van der Waals surface area contributed by atoms with Crippen LogP contribution in [0.2, 0.25) is 0 Å². The Kier molecular flexibility index (Phi) is 15.9. The lowest BCUT2D eigenvalue weighted by molar-refractivity contribution is -0.161. The van der Waals surface area contributed by atoms with Gasteiger partial charge in [0.2, 0.25) is 0 Å². The van der Waals surface area contributed by atoms with Crippen LogP contribution in [0.4, 0.5) is 22.7 Å². The fourth-order valence-corrected chi connectivity index (χ4v) is 4.44. The van der Waals surface area contributed by atoms with Crippen molar-refractivity contribution in [3.8, 4) is 5.75 Å². The van der Waals surface area contributed by atoms with E-state index in [-0.39, 0.29) is 13.2 Å². The summed E-state index contributed by atoms with van der Waals surface area (Å²) in [5.74, 6) is -0.933. The summed E-state index contributed by atoms with van der Waals surface area (Å²) in [5, 5.41) is 17.1. The number of hydrogen-bond donors (Lipinski definition) is 0. The lowest BCUT2D eigenvalue weighted by Gasteiger charge is -2.14. The van der Waals surface area contributed by atoms with E-state index in [9.17, 15) is 9.59 Å². The van der Waals surface area contributed by atoms with Crippen LogP contribution in [0, 0.1) is 5.92 Å². The first-order chi connectivity index (χ1) is 21.6. The van der Waals surface area contributed by atoms with Crippen LogP contribution in [-0.2, 0) is 19.1 Å². The van der Waals surface area contributed by atoms with E-state index < -0.39 is 17.9 Å². The highest BCUT2D eigenvalue weighted by atomic mass is 16.6. The molecule has 0 aliphatic rings. The van der Waals surface area contributed by atoms with E-state index in [0.717, 1.165) is 73.4 Å². The van der Waals surface area contributed by atoms with Crippen LogP contribution in [0.1, 0.15) is 71.6 Å². The van der Waals surface area contributed by atoms with Crippen molar-refractivity contribution in [2.24, 2.45) is 26.4 Å². The number of benzene rings is 3. The van der Waals surface area contributed by atoms with Gasteiger partial charge < -0.3 is 14.2 Å². The van der Waals surface area contributed by atoms with Gasteiger partial charge >= 0.3 is 11.9 Å². The molecule has 234 valence electrons. The third-order valence-corrected chi connectivity index (χ3v) is 6.80. The molecular formula is C35H44N4O5. The van der Waals surface area contributed by atoms with E-state index >= 15 is 0 Å². The summed E-state index contributed by atoms with van der Waals surface area (Å²) in [4.78, 5) is 24.1. The van der Waals surface area contributed by atoms with E-state index in [1.165, 1.54) is 6.42 Å². The van der Waals surface area contributed by atoms with Gasteiger partial charge in [-0.05, 0) is 87.4 Å². The largest absolute Gasteiger partial charge is 0.494 e. The Balaban J connectivity index is 1.24. The maximum absolute atomic E-state index is 12.0. The van der Waals surface area contributed by atoms with Crippen molar-refractivity contribution >= 4 is 34.7 Å². The van der Waals surface area contributed by atoms with Gasteiger partial charge in [-0.2, -0.15) is 20.5 Å². The van der Waals surface area contributed by atoms with E-state index in [4.69, 9.17) is 14.2 Å². The summed E-state index contributed by atoms with van der Waals surface area (Å²) in [6, 6.07) is 24.6. The van der Waals surface area contributed by atoms with Gasteiger partial charge in [0.15, 0.2) is 5.92 Å². The molecular weight excluding hydrogens is 556 g/mol. The number of nitrogens with zero attached hydrogens (tertiary/aromatic N) is 4. The molecule has 0 unspecified atom stereocenters. The molecule has 3 aromatic rings. The van der Waals surface area contributed by atoms with Gasteiger partial charge in [0, 0.05) is 0 Å². The number of azo groups is 2. The first-order valence-corrected chi connectivity index (χ1v) is 15.6. The predicted molar refractivity (Wildman–Crippen MR) is 171 cm³/mol. The monoisotopic (exact) mass is 600 g/mol. The van der Waals surface area contributed by atoms with Crippen LogP contribution in [-0.4, -0.2) is 31.8 Å². The minimum atomic E-state index is -0.802. The molecule has 0 N–H and O–H groups in total. The Labute approximate surface area is 260 Å². The van der Waals surface area contributed by atoms with Crippen LogP contribution < -0.4 is 4.74 Å². The molecule has 0 fully saturated rings. The molecule has 0 bridgehead atoms. The zero-order valence-electron chi connectivity index (χ0n) is 25.9. The molecule has 0 saturated heterocycles. The summed E-state index contributed by atoms with van der Waals surface area (Å²) in [5.41, 5.74) is 3.05.